The fourth-order valence-electron chi connectivity index (χ4n) is 1.57. The van der Waals surface area contributed by atoms with Crippen LogP contribution in [0, 0.1) is 0 Å². The lowest BCUT2D eigenvalue weighted by atomic mass is 10.3. The number of thiophene rings is 1. The second-order valence-electron chi connectivity index (χ2n) is 3.86. The van der Waals surface area contributed by atoms with Gasteiger partial charge in [-0.3, -0.25) is 4.68 Å². The van der Waals surface area contributed by atoms with Gasteiger partial charge in [-0.25, -0.2) is 13.6 Å². The molecule has 0 spiro atoms. The predicted molar refractivity (Wildman–Crippen MR) is 59.9 cm³/mol. The number of carboxylic acids is 1. The summed E-state index contributed by atoms with van der Waals surface area (Å²) in [4.78, 5) is 11.4. The summed E-state index contributed by atoms with van der Waals surface area (Å²) in [5.41, 5.74) is -0.350. The van der Waals surface area contributed by atoms with E-state index in [1.54, 1.807) is 0 Å². The molecule has 7 heteroatoms. The van der Waals surface area contributed by atoms with Crippen molar-refractivity contribution in [2.75, 3.05) is 0 Å². The summed E-state index contributed by atoms with van der Waals surface area (Å²) < 4.78 is 27.0. The highest BCUT2D eigenvalue weighted by atomic mass is 32.1. The van der Waals surface area contributed by atoms with Crippen molar-refractivity contribution in [1.29, 1.82) is 0 Å². The van der Waals surface area contributed by atoms with Crippen LogP contribution in [0.25, 0.3) is 10.2 Å². The standard InChI is InChI=1S/C10H10F2N2O2S/c1-4(2)14-9-5(7(13-14)8(11)12)3-6(17-9)10(15)16/h3-4,8H,1-2H3,(H,15,16). The first-order chi connectivity index (χ1) is 7.91. The molecule has 0 saturated carbocycles. The number of aromatic nitrogens is 2. The lowest BCUT2D eigenvalue weighted by Gasteiger charge is -2.04. The van der Waals surface area contributed by atoms with Crippen molar-refractivity contribution in [3.8, 4) is 0 Å². The Labute approximate surface area is 99.5 Å². The molecule has 2 rings (SSSR count). The minimum Gasteiger partial charge on any atom is -0.477 e. The Balaban J connectivity index is 2.71. The molecule has 0 saturated heterocycles. The van der Waals surface area contributed by atoms with Gasteiger partial charge in [0, 0.05) is 11.4 Å². The van der Waals surface area contributed by atoms with Gasteiger partial charge in [0.2, 0.25) is 0 Å². The van der Waals surface area contributed by atoms with Crippen molar-refractivity contribution >= 4 is 27.5 Å². The van der Waals surface area contributed by atoms with E-state index < -0.39 is 12.4 Å². The summed E-state index contributed by atoms with van der Waals surface area (Å²) in [5.74, 6) is -1.11. The maximum Gasteiger partial charge on any atom is 0.345 e. The molecule has 0 radical (unpaired) electrons. The zero-order valence-electron chi connectivity index (χ0n) is 9.15. The molecule has 2 aromatic rings. The van der Waals surface area contributed by atoms with Crippen molar-refractivity contribution in [1.82, 2.24) is 9.78 Å². The molecular weight excluding hydrogens is 250 g/mol. The Morgan fingerprint density at radius 1 is 1.53 bits per heavy atom. The molecule has 0 aliphatic carbocycles. The van der Waals surface area contributed by atoms with Crippen LogP contribution in [-0.2, 0) is 0 Å². The maximum absolute atomic E-state index is 12.8. The first kappa shape index (κ1) is 12.0. The third kappa shape index (κ3) is 1.90. The summed E-state index contributed by atoms with van der Waals surface area (Å²) >= 11 is 0.966. The summed E-state index contributed by atoms with van der Waals surface area (Å²) in [7, 11) is 0. The van der Waals surface area contributed by atoms with Crippen molar-refractivity contribution in [3.05, 3.63) is 16.6 Å². The van der Waals surface area contributed by atoms with E-state index in [1.165, 1.54) is 10.7 Å². The van der Waals surface area contributed by atoms with Gasteiger partial charge < -0.3 is 5.11 Å². The van der Waals surface area contributed by atoms with Gasteiger partial charge in [-0.2, -0.15) is 5.10 Å². The van der Waals surface area contributed by atoms with Gasteiger partial charge in [0.05, 0.1) is 0 Å². The minimum atomic E-state index is -2.70. The van der Waals surface area contributed by atoms with Crippen LogP contribution in [0.2, 0.25) is 0 Å². The number of hydrogen-bond acceptors (Lipinski definition) is 3. The van der Waals surface area contributed by atoms with Crippen LogP contribution in [0.4, 0.5) is 8.78 Å². The topological polar surface area (TPSA) is 55.1 Å². The zero-order valence-corrected chi connectivity index (χ0v) is 9.96. The molecule has 0 atom stereocenters. The molecule has 0 amide bonds. The Kier molecular flexibility index (Phi) is 2.86. The van der Waals surface area contributed by atoms with Gasteiger partial charge in [-0.05, 0) is 19.9 Å². The van der Waals surface area contributed by atoms with E-state index in [4.69, 9.17) is 5.11 Å². The fourth-order valence-corrected chi connectivity index (χ4v) is 2.66. The van der Waals surface area contributed by atoms with Crippen LogP contribution < -0.4 is 0 Å². The van der Waals surface area contributed by atoms with Crippen molar-refractivity contribution in [2.24, 2.45) is 0 Å². The third-order valence-electron chi connectivity index (χ3n) is 2.32. The second kappa shape index (κ2) is 4.06. The highest BCUT2D eigenvalue weighted by Gasteiger charge is 2.23. The molecule has 0 fully saturated rings. The monoisotopic (exact) mass is 260 g/mol. The highest BCUT2D eigenvalue weighted by Crippen LogP contribution is 2.34. The summed E-state index contributed by atoms with van der Waals surface area (Å²) in [6.45, 7) is 3.61. The largest absolute Gasteiger partial charge is 0.477 e. The first-order valence-electron chi connectivity index (χ1n) is 4.95. The van der Waals surface area contributed by atoms with E-state index in [1.807, 2.05) is 13.8 Å². The Morgan fingerprint density at radius 2 is 2.18 bits per heavy atom. The lowest BCUT2D eigenvalue weighted by Crippen LogP contribution is -2.02. The molecule has 0 aromatic carbocycles. The Bertz CT molecular complexity index is 534. The van der Waals surface area contributed by atoms with E-state index in [0.29, 0.717) is 4.83 Å². The predicted octanol–water partition coefficient (Wildman–Crippen LogP) is 3.31. The quantitative estimate of drug-likeness (QED) is 0.921. The van der Waals surface area contributed by atoms with Gasteiger partial charge in [-0.1, -0.05) is 0 Å². The number of carboxylic acid groups (broad SMARTS) is 1. The molecule has 0 bridgehead atoms. The molecule has 4 nitrogen and oxygen atoms in total. The van der Waals surface area contributed by atoms with Crippen molar-refractivity contribution in [3.63, 3.8) is 0 Å². The third-order valence-corrected chi connectivity index (χ3v) is 3.43. The molecule has 92 valence electrons. The summed E-state index contributed by atoms with van der Waals surface area (Å²) in [6, 6.07) is 1.17. The fraction of sp³-hybridized carbons (Fsp3) is 0.400. The van der Waals surface area contributed by atoms with Crippen LogP contribution in [0.3, 0.4) is 0 Å². The minimum absolute atomic E-state index is 0.0497. The SMILES string of the molecule is CC(C)n1nc(C(F)F)c2cc(C(=O)O)sc21. The second-order valence-corrected chi connectivity index (χ2v) is 4.89. The molecule has 17 heavy (non-hydrogen) atoms. The number of hydrogen-bond donors (Lipinski definition) is 1. The Morgan fingerprint density at radius 3 is 2.65 bits per heavy atom. The summed E-state index contributed by atoms with van der Waals surface area (Å²) in [5, 5.41) is 12.9. The molecule has 1 N–H and O–H groups in total. The van der Waals surface area contributed by atoms with Crippen LogP contribution in [0.1, 0.15) is 41.7 Å². The van der Waals surface area contributed by atoms with Gasteiger partial charge in [0.15, 0.2) is 0 Å². The molecule has 0 aliphatic heterocycles. The van der Waals surface area contributed by atoms with E-state index in [2.05, 4.69) is 5.10 Å². The van der Waals surface area contributed by atoms with E-state index in [-0.39, 0.29) is 22.0 Å². The number of fused-ring (bicyclic) bond motifs is 1. The smallest absolute Gasteiger partial charge is 0.345 e. The van der Waals surface area contributed by atoms with Crippen LogP contribution in [-0.4, -0.2) is 20.9 Å². The van der Waals surface area contributed by atoms with E-state index in [9.17, 15) is 13.6 Å². The average molecular weight is 260 g/mol. The molecule has 0 unspecified atom stereocenters. The normalized spacial score (nSPS) is 11.9. The van der Waals surface area contributed by atoms with Crippen LogP contribution in [0.5, 0.6) is 0 Å². The van der Waals surface area contributed by atoms with Gasteiger partial charge >= 0.3 is 5.97 Å². The number of halogens is 2. The average Bonchev–Trinajstić information content (AvgIpc) is 2.72. The Hall–Kier alpha value is -1.50. The number of aromatic carboxylic acids is 1. The molecule has 0 aliphatic rings. The van der Waals surface area contributed by atoms with E-state index >= 15 is 0 Å². The molecular formula is C10H10F2N2O2S. The molecule has 2 heterocycles. The number of alkyl halides is 2. The van der Waals surface area contributed by atoms with Gasteiger partial charge in [-0.15, -0.1) is 11.3 Å². The zero-order chi connectivity index (χ0) is 12.7. The van der Waals surface area contributed by atoms with Crippen LogP contribution >= 0.6 is 11.3 Å². The van der Waals surface area contributed by atoms with Gasteiger partial charge in [0.25, 0.3) is 6.43 Å². The summed E-state index contributed by atoms with van der Waals surface area (Å²) in [6.07, 6.45) is -2.70. The van der Waals surface area contributed by atoms with Crippen molar-refractivity contribution < 1.29 is 18.7 Å². The molecule has 2 aromatic heterocycles. The van der Waals surface area contributed by atoms with Gasteiger partial charge in [0.1, 0.15) is 15.4 Å². The number of rotatable bonds is 3. The maximum atomic E-state index is 12.8. The van der Waals surface area contributed by atoms with Crippen LogP contribution in [0.15, 0.2) is 6.07 Å². The highest BCUT2D eigenvalue weighted by molar-refractivity contribution is 7.20. The first-order valence-corrected chi connectivity index (χ1v) is 5.77. The van der Waals surface area contributed by atoms with Crippen molar-refractivity contribution in [2.45, 2.75) is 26.3 Å². The number of nitrogens with zero attached hydrogens (tertiary/aromatic N) is 2. The lowest BCUT2D eigenvalue weighted by molar-refractivity contribution is 0.0702. The number of carbonyl (C=O) groups is 1. The van der Waals surface area contributed by atoms with E-state index in [0.717, 1.165) is 11.3 Å².